The fourth-order valence-electron chi connectivity index (χ4n) is 2.39. The van der Waals surface area contributed by atoms with Crippen LogP contribution in [-0.4, -0.2) is 17.6 Å². The molecule has 0 saturated carbocycles. The Morgan fingerprint density at radius 2 is 2.04 bits per heavy atom. The third-order valence-corrected chi connectivity index (χ3v) is 4.23. The van der Waals surface area contributed by atoms with E-state index in [4.69, 9.17) is 4.74 Å². The highest BCUT2D eigenvalue weighted by Crippen LogP contribution is 2.23. The molecule has 5 nitrogen and oxygen atoms in total. The molecule has 6 heteroatoms. The number of urea groups is 1. The van der Waals surface area contributed by atoms with E-state index < -0.39 is 0 Å². The molecule has 2 N–H and O–H groups in total. The number of hydrogen-bond donors (Lipinski definition) is 2. The van der Waals surface area contributed by atoms with Gasteiger partial charge in [0.05, 0.1) is 12.3 Å². The van der Waals surface area contributed by atoms with Gasteiger partial charge < -0.3 is 15.4 Å². The van der Waals surface area contributed by atoms with Crippen molar-refractivity contribution in [2.75, 3.05) is 11.9 Å². The Bertz CT molecular complexity index is 817. The minimum atomic E-state index is -0.260. The van der Waals surface area contributed by atoms with Crippen molar-refractivity contribution in [2.45, 2.75) is 13.5 Å². The van der Waals surface area contributed by atoms with E-state index in [1.54, 1.807) is 17.5 Å². The van der Waals surface area contributed by atoms with Crippen molar-refractivity contribution < 1.29 is 9.53 Å². The van der Waals surface area contributed by atoms with Gasteiger partial charge in [0.2, 0.25) is 0 Å². The molecule has 2 amide bonds. The van der Waals surface area contributed by atoms with Gasteiger partial charge in [0.25, 0.3) is 0 Å². The van der Waals surface area contributed by atoms with Crippen LogP contribution >= 0.6 is 11.3 Å². The number of pyridine rings is 1. The molecule has 0 aliphatic carbocycles. The van der Waals surface area contributed by atoms with E-state index in [-0.39, 0.29) is 6.03 Å². The molecule has 3 rings (SSSR count). The van der Waals surface area contributed by atoms with Crippen LogP contribution in [0.15, 0.2) is 59.4 Å². The van der Waals surface area contributed by atoms with Crippen LogP contribution in [0.1, 0.15) is 12.5 Å². The first kappa shape index (κ1) is 17.0. The number of anilines is 1. The van der Waals surface area contributed by atoms with E-state index >= 15 is 0 Å². The molecule has 0 fully saturated rings. The van der Waals surface area contributed by atoms with Crippen molar-refractivity contribution in [1.29, 1.82) is 0 Å². The van der Waals surface area contributed by atoms with Crippen LogP contribution in [0.25, 0.3) is 11.3 Å². The Morgan fingerprint density at radius 3 is 2.76 bits per heavy atom. The molecule has 25 heavy (non-hydrogen) atoms. The lowest BCUT2D eigenvalue weighted by atomic mass is 10.1. The summed E-state index contributed by atoms with van der Waals surface area (Å²) in [5, 5.41) is 9.74. The molecule has 0 aliphatic rings. The summed E-state index contributed by atoms with van der Waals surface area (Å²) in [6.45, 7) is 2.95. The zero-order valence-electron chi connectivity index (χ0n) is 13.9. The monoisotopic (exact) mass is 353 g/mol. The van der Waals surface area contributed by atoms with Gasteiger partial charge in [-0.05, 0) is 54.3 Å². The van der Waals surface area contributed by atoms with E-state index in [2.05, 4.69) is 15.6 Å². The molecule has 2 aromatic heterocycles. The summed E-state index contributed by atoms with van der Waals surface area (Å²) in [6.07, 6.45) is 1.76. The quantitative estimate of drug-likeness (QED) is 0.684. The van der Waals surface area contributed by atoms with E-state index in [9.17, 15) is 4.79 Å². The third kappa shape index (κ3) is 4.58. The highest BCUT2D eigenvalue weighted by atomic mass is 32.1. The lowest BCUT2D eigenvalue weighted by molar-refractivity contribution is 0.251. The van der Waals surface area contributed by atoms with Gasteiger partial charge in [0.15, 0.2) is 0 Å². The third-order valence-electron chi connectivity index (χ3n) is 3.55. The number of benzene rings is 1. The SMILES string of the molecule is CCOc1ccc(NC(=O)NCc2cccnc2-c2ccsc2)cc1. The van der Waals surface area contributed by atoms with Gasteiger partial charge in [-0.25, -0.2) is 4.79 Å². The minimum absolute atomic E-state index is 0.260. The smallest absolute Gasteiger partial charge is 0.319 e. The van der Waals surface area contributed by atoms with Gasteiger partial charge in [0, 0.05) is 29.4 Å². The number of hydrogen-bond acceptors (Lipinski definition) is 4. The number of carbonyl (C=O) groups excluding carboxylic acids is 1. The number of nitrogens with one attached hydrogen (secondary N) is 2. The van der Waals surface area contributed by atoms with E-state index in [0.717, 1.165) is 22.6 Å². The van der Waals surface area contributed by atoms with Gasteiger partial charge in [-0.1, -0.05) is 6.07 Å². The molecule has 0 atom stereocenters. The number of ether oxygens (including phenoxy) is 1. The second kappa shape index (κ2) is 8.30. The summed E-state index contributed by atoms with van der Waals surface area (Å²) in [5.41, 5.74) is 3.65. The maximum absolute atomic E-state index is 12.1. The average molecular weight is 353 g/mol. The summed E-state index contributed by atoms with van der Waals surface area (Å²) in [6, 6.07) is 12.9. The number of aromatic nitrogens is 1. The van der Waals surface area contributed by atoms with Crippen LogP contribution in [0.4, 0.5) is 10.5 Å². The maximum Gasteiger partial charge on any atom is 0.319 e. The fourth-order valence-corrected chi connectivity index (χ4v) is 3.03. The number of carbonyl (C=O) groups is 1. The summed E-state index contributed by atoms with van der Waals surface area (Å²) in [4.78, 5) is 16.6. The van der Waals surface area contributed by atoms with Crippen LogP contribution in [-0.2, 0) is 6.54 Å². The maximum atomic E-state index is 12.1. The molecule has 1 aromatic carbocycles. The first-order chi connectivity index (χ1) is 12.3. The van der Waals surface area contributed by atoms with Gasteiger partial charge in [-0.15, -0.1) is 0 Å². The van der Waals surface area contributed by atoms with Crippen molar-refractivity contribution in [1.82, 2.24) is 10.3 Å². The fraction of sp³-hybridized carbons (Fsp3) is 0.158. The summed E-state index contributed by atoms with van der Waals surface area (Å²) < 4.78 is 5.39. The molecular formula is C19H19N3O2S. The number of nitrogens with zero attached hydrogens (tertiary/aromatic N) is 1. The van der Waals surface area contributed by atoms with Crippen molar-refractivity contribution in [3.8, 4) is 17.0 Å². The second-order valence-electron chi connectivity index (χ2n) is 5.29. The van der Waals surface area contributed by atoms with Crippen molar-refractivity contribution in [3.63, 3.8) is 0 Å². The van der Waals surface area contributed by atoms with E-state index in [0.29, 0.717) is 18.8 Å². The van der Waals surface area contributed by atoms with Crippen molar-refractivity contribution in [2.24, 2.45) is 0 Å². The molecular weight excluding hydrogens is 334 g/mol. The molecule has 0 spiro atoms. The van der Waals surface area contributed by atoms with Crippen LogP contribution in [0.5, 0.6) is 5.75 Å². The predicted octanol–water partition coefficient (Wildman–Crippen LogP) is 4.53. The van der Waals surface area contributed by atoms with E-state index in [1.165, 1.54) is 0 Å². The molecule has 0 radical (unpaired) electrons. The van der Waals surface area contributed by atoms with Crippen LogP contribution in [0.3, 0.4) is 0 Å². The molecule has 128 valence electrons. The second-order valence-corrected chi connectivity index (χ2v) is 6.07. The highest BCUT2D eigenvalue weighted by Gasteiger charge is 2.08. The molecule has 0 saturated heterocycles. The molecule has 3 aromatic rings. The standard InChI is InChI=1S/C19H19N3O2S/c1-2-24-17-7-5-16(6-8-17)22-19(23)21-12-14-4-3-10-20-18(14)15-9-11-25-13-15/h3-11,13H,2,12H2,1H3,(H2,21,22,23). The van der Waals surface area contributed by atoms with Gasteiger partial charge in [0.1, 0.15) is 5.75 Å². The lowest BCUT2D eigenvalue weighted by Gasteiger charge is -2.10. The normalized spacial score (nSPS) is 10.3. The molecule has 0 bridgehead atoms. The molecule has 0 aliphatic heterocycles. The van der Waals surface area contributed by atoms with Crippen LogP contribution in [0, 0.1) is 0 Å². The average Bonchev–Trinajstić information content (AvgIpc) is 3.17. The Labute approximate surface area is 150 Å². The number of rotatable bonds is 6. The lowest BCUT2D eigenvalue weighted by Crippen LogP contribution is -2.28. The zero-order valence-corrected chi connectivity index (χ0v) is 14.7. The van der Waals surface area contributed by atoms with Gasteiger partial charge in [-0.2, -0.15) is 11.3 Å². The summed E-state index contributed by atoms with van der Waals surface area (Å²) >= 11 is 1.62. The zero-order chi connectivity index (χ0) is 17.5. The Hall–Kier alpha value is -2.86. The van der Waals surface area contributed by atoms with Crippen molar-refractivity contribution >= 4 is 23.1 Å². The number of amides is 2. The predicted molar refractivity (Wildman–Crippen MR) is 101 cm³/mol. The van der Waals surface area contributed by atoms with Crippen LogP contribution in [0.2, 0.25) is 0 Å². The van der Waals surface area contributed by atoms with Gasteiger partial charge in [-0.3, -0.25) is 4.98 Å². The molecule has 0 unspecified atom stereocenters. The van der Waals surface area contributed by atoms with Gasteiger partial charge >= 0.3 is 6.03 Å². The first-order valence-corrected chi connectivity index (χ1v) is 8.94. The summed E-state index contributed by atoms with van der Waals surface area (Å²) in [5.74, 6) is 0.782. The Kier molecular flexibility index (Phi) is 5.64. The Balaban J connectivity index is 1.59. The number of thiophene rings is 1. The minimum Gasteiger partial charge on any atom is -0.494 e. The molecule has 2 heterocycles. The Morgan fingerprint density at radius 1 is 1.20 bits per heavy atom. The first-order valence-electron chi connectivity index (χ1n) is 8.00. The topological polar surface area (TPSA) is 63.2 Å². The summed E-state index contributed by atoms with van der Waals surface area (Å²) in [7, 11) is 0. The largest absolute Gasteiger partial charge is 0.494 e. The van der Waals surface area contributed by atoms with E-state index in [1.807, 2.05) is 60.1 Å². The van der Waals surface area contributed by atoms with Crippen LogP contribution < -0.4 is 15.4 Å². The van der Waals surface area contributed by atoms with Crippen molar-refractivity contribution in [3.05, 3.63) is 65.0 Å². The highest BCUT2D eigenvalue weighted by molar-refractivity contribution is 7.08.